The van der Waals surface area contributed by atoms with E-state index in [0.29, 0.717) is 13.0 Å². The normalized spacial score (nSPS) is 30.7. The molecule has 4 nitrogen and oxygen atoms in total. The summed E-state index contributed by atoms with van der Waals surface area (Å²) < 4.78 is 10.3. The van der Waals surface area contributed by atoms with Crippen LogP contribution in [0.3, 0.4) is 0 Å². The van der Waals surface area contributed by atoms with Gasteiger partial charge >= 0.3 is 11.9 Å². The fourth-order valence-electron chi connectivity index (χ4n) is 2.06. The van der Waals surface area contributed by atoms with Gasteiger partial charge in [0.05, 0.1) is 6.61 Å². The van der Waals surface area contributed by atoms with Crippen LogP contribution in [0.4, 0.5) is 0 Å². The molecule has 1 rings (SSSR count). The zero-order valence-corrected chi connectivity index (χ0v) is 10.6. The maximum absolute atomic E-state index is 11.8. The minimum Gasteiger partial charge on any atom is -0.465 e. The molecule has 1 aliphatic carbocycles. The predicted octanol–water partition coefficient (Wildman–Crippen LogP) is 1.92. The average molecular weight is 228 g/mol. The van der Waals surface area contributed by atoms with E-state index in [1.54, 1.807) is 20.8 Å². The molecule has 0 aromatic rings. The third-order valence-electron chi connectivity index (χ3n) is 3.67. The standard InChI is InChI=1S/C12H20O4/c1-6-8(13)16-9-11(3,4)12(9,5)10(14)15-7-2/h9H,6-7H2,1-5H3. The zero-order valence-electron chi connectivity index (χ0n) is 10.6. The number of esters is 2. The summed E-state index contributed by atoms with van der Waals surface area (Å²) in [5.41, 5.74) is -1.04. The first-order chi connectivity index (χ1) is 7.32. The third kappa shape index (κ3) is 1.70. The van der Waals surface area contributed by atoms with Crippen LogP contribution in [0, 0.1) is 10.8 Å². The zero-order chi connectivity index (χ0) is 12.6. The van der Waals surface area contributed by atoms with Crippen molar-refractivity contribution in [2.75, 3.05) is 6.61 Å². The van der Waals surface area contributed by atoms with Crippen molar-refractivity contribution in [1.82, 2.24) is 0 Å². The first-order valence-electron chi connectivity index (χ1n) is 5.69. The lowest BCUT2D eigenvalue weighted by atomic mass is 9.99. The quantitative estimate of drug-likeness (QED) is 0.690. The number of carbonyl (C=O) groups is 2. The minimum atomic E-state index is -0.701. The van der Waals surface area contributed by atoms with Gasteiger partial charge in [-0.15, -0.1) is 0 Å². The Hall–Kier alpha value is -1.06. The van der Waals surface area contributed by atoms with E-state index in [-0.39, 0.29) is 23.5 Å². The monoisotopic (exact) mass is 228 g/mol. The fraction of sp³-hybridized carbons (Fsp3) is 0.833. The Kier molecular flexibility index (Phi) is 3.31. The van der Waals surface area contributed by atoms with Gasteiger partial charge in [-0.25, -0.2) is 0 Å². The molecule has 0 aliphatic heterocycles. The molecule has 0 bridgehead atoms. The van der Waals surface area contributed by atoms with E-state index >= 15 is 0 Å². The summed E-state index contributed by atoms with van der Waals surface area (Å²) in [6.07, 6.45) is -0.0441. The lowest BCUT2D eigenvalue weighted by molar-refractivity contribution is -0.154. The second-order valence-corrected chi connectivity index (χ2v) is 4.87. The molecule has 92 valence electrons. The van der Waals surface area contributed by atoms with E-state index in [9.17, 15) is 9.59 Å². The van der Waals surface area contributed by atoms with Crippen LogP contribution in [0.25, 0.3) is 0 Å². The topological polar surface area (TPSA) is 52.6 Å². The first kappa shape index (κ1) is 13.0. The van der Waals surface area contributed by atoms with E-state index in [0.717, 1.165) is 0 Å². The molecule has 0 saturated heterocycles. The molecule has 16 heavy (non-hydrogen) atoms. The summed E-state index contributed by atoms with van der Waals surface area (Å²) in [6, 6.07) is 0. The molecule has 2 atom stereocenters. The van der Waals surface area contributed by atoms with Gasteiger partial charge in [-0.2, -0.15) is 0 Å². The summed E-state index contributed by atoms with van der Waals surface area (Å²) in [4.78, 5) is 23.1. The second-order valence-electron chi connectivity index (χ2n) is 4.87. The number of rotatable bonds is 4. The van der Waals surface area contributed by atoms with Crippen molar-refractivity contribution >= 4 is 11.9 Å². The van der Waals surface area contributed by atoms with Crippen molar-refractivity contribution in [3.8, 4) is 0 Å². The van der Waals surface area contributed by atoms with Gasteiger partial charge in [-0.05, 0) is 13.8 Å². The molecule has 0 heterocycles. The number of ether oxygens (including phenoxy) is 2. The van der Waals surface area contributed by atoms with Gasteiger partial charge in [0.25, 0.3) is 0 Å². The summed E-state index contributed by atoms with van der Waals surface area (Å²) in [5, 5.41) is 0. The van der Waals surface area contributed by atoms with Crippen molar-refractivity contribution in [3.05, 3.63) is 0 Å². The van der Waals surface area contributed by atoms with Crippen LogP contribution in [0.5, 0.6) is 0 Å². The highest BCUT2D eigenvalue weighted by Gasteiger charge is 2.76. The lowest BCUT2D eigenvalue weighted by Gasteiger charge is -2.11. The van der Waals surface area contributed by atoms with E-state index in [4.69, 9.17) is 9.47 Å². The maximum Gasteiger partial charge on any atom is 0.316 e. The predicted molar refractivity (Wildman–Crippen MR) is 58.7 cm³/mol. The van der Waals surface area contributed by atoms with Crippen molar-refractivity contribution in [2.45, 2.75) is 47.1 Å². The summed E-state index contributed by atoms with van der Waals surface area (Å²) in [6.45, 7) is 9.47. The first-order valence-corrected chi connectivity index (χ1v) is 5.69. The van der Waals surface area contributed by atoms with Gasteiger partial charge in [0, 0.05) is 11.8 Å². The second kappa shape index (κ2) is 4.07. The Morgan fingerprint density at radius 2 is 1.75 bits per heavy atom. The van der Waals surface area contributed by atoms with Gasteiger partial charge < -0.3 is 9.47 Å². The summed E-state index contributed by atoms with van der Waals surface area (Å²) in [5.74, 6) is -0.556. The lowest BCUT2D eigenvalue weighted by Crippen LogP contribution is -2.23. The number of hydrogen-bond donors (Lipinski definition) is 0. The highest BCUT2D eigenvalue weighted by Crippen LogP contribution is 2.65. The fourth-order valence-corrected chi connectivity index (χ4v) is 2.06. The van der Waals surface area contributed by atoms with Crippen molar-refractivity contribution in [2.24, 2.45) is 10.8 Å². The Labute approximate surface area is 96.3 Å². The molecule has 0 amide bonds. The van der Waals surface area contributed by atoms with Crippen LogP contribution >= 0.6 is 0 Å². The molecule has 0 radical (unpaired) electrons. The Morgan fingerprint density at radius 3 is 2.19 bits per heavy atom. The van der Waals surface area contributed by atoms with Gasteiger partial charge in [-0.1, -0.05) is 20.8 Å². The molecule has 0 aromatic heterocycles. The Morgan fingerprint density at radius 1 is 1.19 bits per heavy atom. The van der Waals surface area contributed by atoms with Gasteiger partial charge in [0.1, 0.15) is 11.5 Å². The highest BCUT2D eigenvalue weighted by molar-refractivity contribution is 5.84. The molecule has 2 unspecified atom stereocenters. The van der Waals surface area contributed by atoms with E-state index in [2.05, 4.69) is 0 Å². The third-order valence-corrected chi connectivity index (χ3v) is 3.67. The Balaban J connectivity index is 2.75. The molecule has 1 aliphatic rings. The molecule has 0 aromatic carbocycles. The molecular formula is C12H20O4. The van der Waals surface area contributed by atoms with Crippen LogP contribution in [0.15, 0.2) is 0 Å². The molecular weight excluding hydrogens is 208 g/mol. The van der Waals surface area contributed by atoms with Crippen molar-refractivity contribution in [1.29, 1.82) is 0 Å². The number of hydrogen-bond acceptors (Lipinski definition) is 4. The van der Waals surface area contributed by atoms with Gasteiger partial charge in [-0.3, -0.25) is 9.59 Å². The molecule has 1 fully saturated rings. The number of carbonyl (C=O) groups excluding carboxylic acids is 2. The molecule has 0 spiro atoms. The molecule has 1 saturated carbocycles. The van der Waals surface area contributed by atoms with E-state index in [1.807, 2.05) is 13.8 Å². The molecule has 4 heteroatoms. The summed E-state index contributed by atoms with van der Waals surface area (Å²) in [7, 11) is 0. The average Bonchev–Trinajstić information content (AvgIpc) is 2.65. The summed E-state index contributed by atoms with van der Waals surface area (Å²) >= 11 is 0. The van der Waals surface area contributed by atoms with Crippen molar-refractivity contribution in [3.63, 3.8) is 0 Å². The van der Waals surface area contributed by atoms with Crippen LogP contribution < -0.4 is 0 Å². The van der Waals surface area contributed by atoms with Crippen LogP contribution in [-0.4, -0.2) is 24.6 Å². The van der Waals surface area contributed by atoms with Gasteiger partial charge in [0.2, 0.25) is 0 Å². The van der Waals surface area contributed by atoms with E-state index < -0.39 is 5.41 Å². The van der Waals surface area contributed by atoms with Crippen LogP contribution in [0.1, 0.15) is 41.0 Å². The smallest absolute Gasteiger partial charge is 0.316 e. The highest BCUT2D eigenvalue weighted by atomic mass is 16.6. The van der Waals surface area contributed by atoms with Gasteiger partial charge in [0.15, 0.2) is 0 Å². The van der Waals surface area contributed by atoms with Crippen molar-refractivity contribution < 1.29 is 19.1 Å². The minimum absolute atomic E-state index is 0.272. The SMILES string of the molecule is CCOC(=O)C1(C)C(OC(=O)CC)C1(C)C. The largest absolute Gasteiger partial charge is 0.465 e. The molecule has 0 N–H and O–H groups in total. The van der Waals surface area contributed by atoms with Crippen LogP contribution in [-0.2, 0) is 19.1 Å². The maximum atomic E-state index is 11.8. The van der Waals surface area contributed by atoms with E-state index in [1.165, 1.54) is 0 Å². The Bertz CT molecular complexity index is 308. The van der Waals surface area contributed by atoms with Crippen LogP contribution in [0.2, 0.25) is 0 Å².